The lowest BCUT2D eigenvalue weighted by Crippen LogP contribution is -2.38. The molecule has 0 radical (unpaired) electrons. The molecule has 1 fully saturated rings. The van der Waals surface area contributed by atoms with E-state index in [-0.39, 0.29) is 6.54 Å². The van der Waals surface area contributed by atoms with Crippen LogP contribution in [0.5, 0.6) is 5.75 Å². The number of fused-ring (bicyclic) bond motifs is 1. The normalized spacial score (nSPS) is 19.1. The van der Waals surface area contributed by atoms with E-state index >= 15 is 0 Å². The van der Waals surface area contributed by atoms with Crippen LogP contribution in [0.15, 0.2) is 66.7 Å². The van der Waals surface area contributed by atoms with Crippen LogP contribution >= 0.6 is 0 Å². The zero-order chi connectivity index (χ0) is 24.9. The molecule has 4 rings (SSSR count). The molecule has 1 amide bonds. The van der Waals surface area contributed by atoms with Crippen molar-refractivity contribution in [3.05, 3.63) is 77.9 Å². The molecule has 0 aliphatic carbocycles. The lowest BCUT2D eigenvalue weighted by atomic mass is 10.1. The van der Waals surface area contributed by atoms with Gasteiger partial charge in [-0.05, 0) is 40.6 Å². The first-order valence-electron chi connectivity index (χ1n) is 11.1. The van der Waals surface area contributed by atoms with Crippen LogP contribution in [-0.2, 0) is 30.4 Å². The summed E-state index contributed by atoms with van der Waals surface area (Å²) in [4.78, 5) is 38.4. The fraction of sp³-hybridized carbons (Fsp3) is 0.250. The van der Waals surface area contributed by atoms with Crippen molar-refractivity contribution in [2.45, 2.75) is 38.6 Å². The Kier molecular flexibility index (Phi) is 7.02. The average molecular weight is 472 g/mol. The molecule has 1 unspecified atom stereocenters. The van der Waals surface area contributed by atoms with Gasteiger partial charge in [0.25, 0.3) is 5.91 Å². The highest BCUT2D eigenvalue weighted by Gasteiger charge is 2.51. The van der Waals surface area contributed by atoms with Crippen LogP contribution in [0.4, 0.5) is 0 Å². The Balaban J connectivity index is 1.72. The molecule has 0 saturated carbocycles. The molecule has 3 aromatic rings. The number of ether oxygens (including phenoxy) is 3. The van der Waals surface area contributed by atoms with Crippen LogP contribution in [0.1, 0.15) is 25.0 Å². The maximum atomic E-state index is 13.3. The first-order valence-corrected chi connectivity index (χ1v) is 11.1. The standard InChI is InChI=1S/C28H25NO6/c1-18(30)34-26-25(14-10-20-9-11-23-16-24(33-3)13-12-22(23)15-20)29(17-21-7-5-4-6-8-21)28(32)27(26)35-19(2)31/h4-9,11-13,15-16,25-27H,17H2,1-3H3/t25?,26-,27+/m0/s1. The van der Waals surface area contributed by atoms with Gasteiger partial charge in [0, 0.05) is 26.0 Å². The second-order valence-corrected chi connectivity index (χ2v) is 8.20. The predicted molar refractivity (Wildman–Crippen MR) is 129 cm³/mol. The van der Waals surface area contributed by atoms with Crippen molar-refractivity contribution in [1.29, 1.82) is 0 Å². The number of likely N-dealkylation sites (tertiary alicyclic amines) is 1. The van der Waals surface area contributed by atoms with Gasteiger partial charge >= 0.3 is 11.9 Å². The number of esters is 2. The molecule has 1 aliphatic rings. The first-order chi connectivity index (χ1) is 16.9. The SMILES string of the molecule is COc1ccc2cc(C#CC3[C@H](OC(C)=O)[C@@H](OC(C)=O)C(=O)N3Cc3ccccc3)ccc2c1. The summed E-state index contributed by atoms with van der Waals surface area (Å²) in [6.07, 6.45) is -2.31. The second-order valence-electron chi connectivity index (χ2n) is 8.20. The Morgan fingerprint density at radius 2 is 1.60 bits per heavy atom. The summed E-state index contributed by atoms with van der Waals surface area (Å²) < 4.78 is 16.0. The number of nitrogens with zero attached hydrogens (tertiary/aromatic N) is 1. The predicted octanol–water partition coefficient (Wildman–Crippen LogP) is 3.47. The van der Waals surface area contributed by atoms with Crippen LogP contribution in [0, 0.1) is 11.8 Å². The van der Waals surface area contributed by atoms with Crippen molar-refractivity contribution in [3.8, 4) is 17.6 Å². The van der Waals surface area contributed by atoms with Crippen LogP contribution in [0.3, 0.4) is 0 Å². The minimum atomic E-state index is -1.26. The molecule has 3 aromatic carbocycles. The monoisotopic (exact) mass is 471 g/mol. The molecule has 0 N–H and O–H groups in total. The maximum absolute atomic E-state index is 13.3. The number of carbonyl (C=O) groups excluding carboxylic acids is 3. The summed E-state index contributed by atoms with van der Waals surface area (Å²) in [5.41, 5.74) is 1.60. The topological polar surface area (TPSA) is 82.1 Å². The van der Waals surface area contributed by atoms with Gasteiger partial charge in [-0.15, -0.1) is 0 Å². The highest BCUT2D eigenvalue weighted by molar-refractivity contribution is 5.88. The number of methoxy groups -OCH3 is 1. The zero-order valence-corrected chi connectivity index (χ0v) is 19.7. The minimum absolute atomic E-state index is 0.228. The summed E-state index contributed by atoms with van der Waals surface area (Å²) in [6.45, 7) is 2.69. The lowest BCUT2D eigenvalue weighted by molar-refractivity contribution is -0.165. The highest BCUT2D eigenvalue weighted by Crippen LogP contribution is 2.28. The smallest absolute Gasteiger partial charge is 0.303 e. The fourth-order valence-corrected chi connectivity index (χ4v) is 4.10. The lowest BCUT2D eigenvalue weighted by Gasteiger charge is -2.23. The van der Waals surface area contributed by atoms with Crippen molar-refractivity contribution in [2.75, 3.05) is 7.11 Å². The molecule has 0 aromatic heterocycles. The molecular weight excluding hydrogens is 446 g/mol. The Morgan fingerprint density at radius 1 is 0.914 bits per heavy atom. The molecule has 7 heteroatoms. The van der Waals surface area contributed by atoms with Crippen molar-refractivity contribution in [1.82, 2.24) is 4.90 Å². The van der Waals surface area contributed by atoms with Gasteiger partial charge < -0.3 is 19.1 Å². The summed E-state index contributed by atoms with van der Waals surface area (Å²) in [7, 11) is 1.62. The number of carbonyl (C=O) groups is 3. The number of hydrogen-bond donors (Lipinski definition) is 0. The number of benzene rings is 3. The zero-order valence-electron chi connectivity index (χ0n) is 19.7. The third kappa shape index (κ3) is 5.44. The van der Waals surface area contributed by atoms with Crippen molar-refractivity contribution in [3.63, 3.8) is 0 Å². The van der Waals surface area contributed by atoms with Crippen molar-refractivity contribution in [2.24, 2.45) is 0 Å². The van der Waals surface area contributed by atoms with E-state index < -0.39 is 36.1 Å². The molecule has 7 nitrogen and oxygen atoms in total. The number of amides is 1. The third-order valence-corrected chi connectivity index (χ3v) is 5.67. The molecule has 1 aliphatic heterocycles. The molecule has 1 heterocycles. The van der Waals surface area contributed by atoms with Gasteiger partial charge in [0.15, 0.2) is 6.10 Å². The molecule has 0 bridgehead atoms. The summed E-state index contributed by atoms with van der Waals surface area (Å²) in [5.74, 6) is 5.29. The van der Waals surface area contributed by atoms with E-state index in [2.05, 4.69) is 11.8 Å². The largest absolute Gasteiger partial charge is 0.497 e. The molecular formula is C28H25NO6. The van der Waals surface area contributed by atoms with Gasteiger partial charge in [0.2, 0.25) is 6.10 Å². The van der Waals surface area contributed by atoms with E-state index in [1.807, 2.05) is 66.7 Å². The molecule has 0 spiro atoms. The van der Waals surface area contributed by atoms with Gasteiger partial charge in [-0.25, -0.2) is 0 Å². The number of rotatable bonds is 5. The van der Waals surface area contributed by atoms with E-state index in [4.69, 9.17) is 14.2 Å². The Labute approximate surface area is 203 Å². The van der Waals surface area contributed by atoms with E-state index in [1.54, 1.807) is 7.11 Å². The van der Waals surface area contributed by atoms with Gasteiger partial charge in [-0.3, -0.25) is 14.4 Å². The van der Waals surface area contributed by atoms with Crippen molar-refractivity contribution < 1.29 is 28.6 Å². The first kappa shape index (κ1) is 23.8. The quantitative estimate of drug-likeness (QED) is 0.419. The van der Waals surface area contributed by atoms with Crippen LogP contribution in [0.2, 0.25) is 0 Å². The number of hydrogen-bond acceptors (Lipinski definition) is 6. The molecule has 35 heavy (non-hydrogen) atoms. The second kappa shape index (κ2) is 10.3. The Bertz CT molecular complexity index is 1320. The van der Waals surface area contributed by atoms with E-state index in [1.165, 1.54) is 18.7 Å². The molecule has 178 valence electrons. The van der Waals surface area contributed by atoms with Gasteiger partial charge in [0.1, 0.15) is 11.8 Å². The van der Waals surface area contributed by atoms with Gasteiger partial charge in [-0.2, -0.15) is 0 Å². The molecule has 3 atom stereocenters. The molecule has 1 saturated heterocycles. The maximum Gasteiger partial charge on any atom is 0.303 e. The summed E-state index contributed by atoms with van der Waals surface area (Å²) in [6, 6.07) is 20.1. The third-order valence-electron chi connectivity index (χ3n) is 5.67. The minimum Gasteiger partial charge on any atom is -0.497 e. The Hall–Kier alpha value is -4.31. The van der Waals surface area contributed by atoms with E-state index in [9.17, 15) is 14.4 Å². The van der Waals surface area contributed by atoms with Crippen LogP contribution in [0.25, 0.3) is 10.8 Å². The summed E-state index contributed by atoms with van der Waals surface area (Å²) >= 11 is 0. The van der Waals surface area contributed by atoms with Crippen LogP contribution in [-0.4, -0.2) is 48.1 Å². The fourth-order valence-electron chi connectivity index (χ4n) is 4.10. The van der Waals surface area contributed by atoms with Gasteiger partial charge in [-0.1, -0.05) is 54.3 Å². The Morgan fingerprint density at radius 3 is 2.29 bits per heavy atom. The average Bonchev–Trinajstić information content (AvgIpc) is 3.07. The van der Waals surface area contributed by atoms with Crippen LogP contribution < -0.4 is 4.74 Å². The highest BCUT2D eigenvalue weighted by atomic mass is 16.6. The van der Waals surface area contributed by atoms with E-state index in [0.29, 0.717) is 0 Å². The van der Waals surface area contributed by atoms with E-state index in [0.717, 1.165) is 27.6 Å². The summed E-state index contributed by atoms with van der Waals surface area (Å²) in [5, 5.41) is 1.99. The van der Waals surface area contributed by atoms with Crippen molar-refractivity contribution >= 4 is 28.6 Å². The van der Waals surface area contributed by atoms with Gasteiger partial charge in [0.05, 0.1) is 7.11 Å².